The molecule has 5 heteroatoms. The van der Waals surface area contributed by atoms with Gasteiger partial charge in [-0.3, -0.25) is 9.80 Å². The van der Waals surface area contributed by atoms with Crippen molar-refractivity contribution in [2.24, 2.45) is 0 Å². The molecule has 0 N–H and O–H groups in total. The molecule has 1 heterocycles. The predicted octanol–water partition coefficient (Wildman–Crippen LogP) is 0.580. The minimum absolute atomic E-state index is 0. The van der Waals surface area contributed by atoms with Crippen molar-refractivity contribution in [1.82, 2.24) is 14.4 Å². The molecule has 1 aromatic heterocycles. The van der Waals surface area contributed by atoms with Gasteiger partial charge in [0.05, 0.1) is 0 Å². The Labute approximate surface area is 169 Å². The topological polar surface area (TPSA) is 15.3 Å². The maximum atomic E-state index is 2.57. The molecule has 0 radical (unpaired) electrons. The molecule has 0 bridgehead atoms. The molecule has 0 aromatic carbocycles. The number of rotatable bonds is 11. The van der Waals surface area contributed by atoms with Crippen LogP contribution in [0.1, 0.15) is 68.1 Å². The number of nitrogens with zero attached hydrogens (tertiary/aromatic N) is 4. The van der Waals surface area contributed by atoms with Gasteiger partial charge in [-0.05, 0) is 55.4 Å². The second kappa shape index (κ2) is 12.0. The smallest absolute Gasteiger partial charge is 0.256 e. The molecule has 0 unspecified atom stereocenters. The molecule has 0 saturated carbocycles. The van der Waals surface area contributed by atoms with Crippen molar-refractivity contribution in [3.63, 3.8) is 0 Å². The van der Waals surface area contributed by atoms with Gasteiger partial charge in [0.2, 0.25) is 0 Å². The first-order chi connectivity index (χ1) is 11.7. The third-order valence-corrected chi connectivity index (χ3v) is 5.26. The molecule has 0 aliphatic heterocycles. The standard InChI is InChI=1S/C21H43N4.ClH/c1-10-21-22(13-15-24(17(2)3)18(4)5)11-12-23(21)14-16-25(19(6)7)20(8)9;/h11-12,17-20H,10,13-16H2,1-9H3;1H/q+1;/p-1. The average molecular weight is 387 g/mol. The molecule has 0 saturated heterocycles. The lowest BCUT2D eigenvalue weighted by Crippen LogP contribution is -3.00. The second-order valence-corrected chi connectivity index (χ2v) is 8.31. The zero-order chi connectivity index (χ0) is 19.1. The van der Waals surface area contributed by atoms with Crippen molar-refractivity contribution in [2.45, 2.75) is 106 Å². The summed E-state index contributed by atoms with van der Waals surface area (Å²) in [5.74, 6) is 1.44. The number of hydrogen-bond acceptors (Lipinski definition) is 2. The third kappa shape index (κ3) is 7.21. The Morgan fingerprint density at radius 1 is 0.846 bits per heavy atom. The maximum absolute atomic E-state index is 2.57. The van der Waals surface area contributed by atoms with Gasteiger partial charge in [0.25, 0.3) is 5.82 Å². The minimum Gasteiger partial charge on any atom is -1.00 e. The summed E-state index contributed by atoms with van der Waals surface area (Å²) in [7, 11) is 0. The zero-order valence-corrected chi connectivity index (χ0v) is 19.4. The average Bonchev–Trinajstić information content (AvgIpc) is 2.88. The van der Waals surface area contributed by atoms with Crippen LogP contribution in [0.25, 0.3) is 0 Å². The quantitative estimate of drug-likeness (QED) is 0.517. The van der Waals surface area contributed by atoms with E-state index >= 15 is 0 Å². The van der Waals surface area contributed by atoms with Crippen molar-refractivity contribution in [1.29, 1.82) is 0 Å². The van der Waals surface area contributed by atoms with Gasteiger partial charge >= 0.3 is 0 Å². The number of halogens is 1. The fourth-order valence-electron chi connectivity index (χ4n) is 3.98. The van der Waals surface area contributed by atoms with E-state index in [1.807, 2.05) is 0 Å². The minimum atomic E-state index is 0. The van der Waals surface area contributed by atoms with E-state index in [1.165, 1.54) is 5.82 Å². The van der Waals surface area contributed by atoms with Crippen LogP contribution < -0.4 is 17.0 Å². The van der Waals surface area contributed by atoms with Gasteiger partial charge in [-0.15, -0.1) is 0 Å². The van der Waals surface area contributed by atoms with Crippen LogP contribution in [0.3, 0.4) is 0 Å². The van der Waals surface area contributed by atoms with E-state index in [9.17, 15) is 0 Å². The van der Waals surface area contributed by atoms with Crippen molar-refractivity contribution < 1.29 is 17.0 Å². The van der Waals surface area contributed by atoms with Gasteiger partial charge < -0.3 is 12.4 Å². The van der Waals surface area contributed by atoms with E-state index in [0.717, 1.165) is 32.6 Å². The van der Waals surface area contributed by atoms with Gasteiger partial charge in [0.1, 0.15) is 25.5 Å². The summed E-state index contributed by atoms with van der Waals surface area (Å²) < 4.78 is 4.90. The Balaban J connectivity index is 0.00000625. The van der Waals surface area contributed by atoms with E-state index in [1.54, 1.807) is 0 Å². The van der Waals surface area contributed by atoms with Crippen LogP contribution in [0.4, 0.5) is 0 Å². The first kappa shape index (κ1) is 25.4. The van der Waals surface area contributed by atoms with Crippen LogP contribution in [-0.2, 0) is 19.5 Å². The molecule has 154 valence electrons. The van der Waals surface area contributed by atoms with Gasteiger partial charge in [0.15, 0.2) is 0 Å². The highest BCUT2D eigenvalue weighted by Gasteiger charge is 2.20. The third-order valence-electron chi connectivity index (χ3n) is 5.26. The SMILES string of the molecule is CCc1n(CCN(C(C)C)C(C)C)cc[n+]1CCN(C(C)C)C(C)C.[Cl-]. The normalized spacial score (nSPS) is 12.3. The highest BCUT2D eigenvalue weighted by molar-refractivity contribution is 4.84. The number of hydrogen-bond donors (Lipinski definition) is 0. The van der Waals surface area contributed by atoms with E-state index in [4.69, 9.17) is 0 Å². The Morgan fingerprint density at radius 3 is 1.73 bits per heavy atom. The molecule has 1 aromatic rings. The van der Waals surface area contributed by atoms with Crippen LogP contribution >= 0.6 is 0 Å². The summed E-state index contributed by atoms with van der Waals surface area (Å²) in [4.78, 5) is 5.14. The molecular weight excluding hydrogens is 344 g/mol. The lowest BCUT2D eigenvalue weighted by atomic mass is 10.2. The largest absolute Gasteiger partial charge is 1.00 e. The Morgan fingerprint density at radius 2 is 1.31 bits per heavy atom. The summed E-state index contributed by atoms with van der Waals surface area (Å²) in [6, 6.07) is 2.38. The Kier molecular flexibility index (Phi) is 11.7. The van der Waals surface area contributed by atoms with Crippen LogP contribution in [0.5, 0.6) is 0 Å². The zero-order valence-electron chi connectivity index (χ0n) is 18.7. The second-order valence-electron chi connectivity index (χ2n) is 8.31. The van der Waals surface area contributed by atoms with Gasteiger partial charge in [-0.2, -0.15) is 0 Å². The molecule has 0 aliphatic rings. The van der Waals surface area contributed by atoms with Crippen LogP contribution in [0.2, 0.25) is 0 Å². The molecule has 1 rings (SSSR count). The van der Waals surface area contributed by atoms with Gasteiger partial charge in [-0.1, -0.05) is 6.92 Å². The monoisotopic (exact) mass is 386 g/mol. The molecular formula is C21H43ClN4. The lowest BCUT2D eigenvalue weighted by Gasteiger charge is -2.30. The van der Waals surface area contributed by atoms with Gasteiger partial charge in [-0.25, -0.2) is 9.13 Å². The number of imidazole rings is 1. The first-order valence-corrected chi connectivity index (χ1v) is 10.3. The summed E-state index contributed by atoms with van der Waals surface area (Å²) in [5.41, 5.74) is 0. The maximum Gasteiger partial charge on any atom is 0.256 e. The lowest BCUT2D eigenvalue weighted by molar-refractivity contribution is -0.703. The van der Waals surface area contributed by atoms with E-state index in [0.29, 0.717) is 24.2 Å². The molecule has 0 fully saturated rings. The summed E-state index contributed by atoms with van der Waals surface area (Å²) >= 11 is 0. The summed E-state index contributed by atoms with van der Waals surface area (Å²) in [6.07, 6.45) is 5.62. The van der Waals surface area contributed by atoms with E-state index < -0.39 is 0 Å². The summed E-state index contributed by atoms with van der Waals surface area (Å²) in [6.45, 7) is 25.0. The summed E-state index contributed by atoms with van der Waals surface area (Å²) in [5, 5.41) is 0. The van der Waals surface area contributed by atoms with Crippen LogP contribution in [0, 0.1) is 0 Å². The fraction of sp³-hybridized carbons (Fsp3) is 0.857. The molecule has 4 nitrogen and oxygen atoms in total. The van der Waals surface area contributed by atoms with Crippen molar-refractivity contribution in [3.8, 4) is 0 Å². The molecule has 0 aliphatic carbocycles. The highest BCUT2D eigenvalue weighted by atomic mass is 35.5. The Hall–Kier alpha value is -0.580. The van der Waals surface area contributed by atoms with Crippen molar-refractivity contribution in [3.05, 3.63) is 18.2 Å². The molecule has 0 spiro atoms. The molecule has 0 amide bonds. The van der Waals surface area contributed by atoms with E-state index in [2.05, 4.69) is 93.6 Å². The predicted molar refractivity (Wildman–Crippen MR) is 108 cm³/mol. The Bertz CT molecular complexity index is 437. The van der Waals surface area contributed by atoms with Crippen LogP contribution in [-0.4, -0.2) is 51.6 Å². The number of aromatic nitrogens is 2. The van der Waals surface area contributed by atoms with E-state index in [-0.39, 0.29) is 12.4 Å². The molecule has 0 atom stereocenters. The fourth-order valence-corrected chi connectivity index (χ4v) is 3.98. The van der Waals surface area contributed by atoms with Crippen molar-refractivity contribution >= 4 is 0 Å². The van der Waals surface area contributed by atoms with Crippen LogP contribution in [0.15, 0.2) is 12.4 Å². The molecule has 26 heavy (non-hydrogen) atoms. The van der Waals surface area contributed by atoms with Gasteiger partial charge in [0, 0.05) is 43.7 Å². The first-order valence-electron chi connectivity index (χ1n) is 10.3. The highest BCUT2D eigenvalue weighted by Crippen LogP contribution is 2.07. The van der Waals surface area contributed by atoms with Crippen molar-refractivity contribution in [2.75, 3.05) is 13.1 Å².